The highest BCUT2D eigenvalue weighted by Gasteiger charge is 2.32. The van der Waals surface area contributed by atoms with Gasteiger partial charge in [0.25, 0.3) is 0 Å². The number of hydrogen-bond donors (Lipinski definition) is 3. The third-order valence-corrected chi connectivity index (χ3v) is 4.14. The van der Waals surface area contributed by atoms with Crippen LogP contribution in [0.2, 0.25) is 0 Å². The molecule has 8 nitrogen and oxygen atoms in total. The number of carboxylic acid groups (broad SMARTS) is 1. The Morgan fingerprint density at radius 1 is 1.60 bits per heavy atom. The SMILES string of the molecule is COc1cc([C@H]2N[C@@H](C(=O)O)CS2)cc([N+](=O)[O-])c1O. The van der Waals surface area contributed by atoms with Crippen LogP contribution in [0.15, 0.2) is 12.1 Å². The molecule has 108 valence electrons. The van der Waals surface area contributed by atoms with Crippen molar-refractivity contribution in [3.8, 4) is 11.5 Å². The lowest BCUT2D eigenvalue weighted by Gasteiger charge is -2.13. The van der Waals surface area contributed by atoms with Gasteiger partial charge in [-0.25, -0.2) is 0 Å². The molecular formula is C11H12N2O6S. The zero-order valence-electron chi connectivity index (χ0n) is 10.4. The maximum atomic E-state index is 10.9. The first-order chi connectivity index (χ1) is 9.43. The number of nitro benzene ring substituents is 1. The monoisotopic (exact) mass is 300 g/mol. The second-order valence-corrected chi connectivity index (χ2v) is 5.26. The van der Waals surface area contributed by atoms with Gasteiger partial charge in [0.05, 0.1) is 17.4 Å². The number of carboxylic acids is 1. The van der Waals surface area contributed by atoms with Gasteiger partial charge in [-0.1, -0.05) is 0 Å². The van der Waals surface area contributed by atoms with Crippen LogP contribution >= 0.6 is 11.8 Å². The van der Waals surface area contributed by atoms with Crippen LogP contribution in [0.25, 0.3) is 0 Å². The fourth-order valence-corrected chi connectivity index (χ4v) is 3.08. The van der Waals surface area contributed by atoms with Crippen LogP contribution in [-0.4, -0.2) is 40.0 Å². The molecule has 0 bridgehead atoms. The summed E-state index contributed by atoms with van der Waals surface area (Å²) in [6.45, 7) is 0. The molecule has 0 radical (unpaired) electrons. The standard InChI is InChI=1S/C11H12N2O6S/c1-19-8-3-5(2-7(9(8)14)13(17)18)10-12-6(4-20-10)11(15)16/h2-3,6,10,12,14H,4H2,1H3,(H,15,16)/t6-,10+/m1/s1. The summed E-state index contributed by atoms with van der Waals surface area (Å²) in [7, 11) is 1.29. The fraction of sp³-hybridized carbons (Fsp3) is 0.364. The number of aromatic hydroxyl groups is 1. The normalized spacial score (nSPS) is 21.6. The summed E-state index contributed by atoms with van der Waals surface area (Å²) in [5.41, 5.74) is 0.0145. The minimum absolute atomic E-state index is 0.0182. The van der Waals surface area contributed by atoms with Crippen molar-refractivity contribution in [2.45, 2.75) is 11.4 Å². The van der Waals surface area contributed by atoms with E-state index in [1.165, 1.54) is 31.0 Å². The lowest BCUT2D eigenvalue weighted by atomic mass is 10.1. The van der Waals surface area contributed by atoms with Gasteiger partial charge in [-0.05, 0) is 11.6 Å². The quantitative estimate of drug-likeness (QED) is 0.558. The van der Waals surface area contributed by atoms with E-state index in [0.29, 0.717) is 11.3 Å². The Balaban J connectivity index is 2.35. The molecule has 2 rings (SSSR count). The Morgan fingerprint density at radius 2 is 2.30 bits per heavy atom. The molecule has 1 aromatic carbocycles. The van der Waals surface area contributed by atoms with E-state index in [1.807, 2.05) is 0 Å². The number of nitrogens with zero attached hydrogens (tertiary/aromatic N) is 1. The lowest BCUT2D eigenvalue weighted by Crippen LogP contribution is -2.33. The minimum atomic E-state index is -0.972. The Bertz CT molecular complexity index is 564. The number of carbonyl (C=O) groups is 1. The topological polar surface area (TPSA) is 122 Å². The molecule has 0 aliphatic carbocycles. The van der Waals surface area contributed by atoms with Gasteiger partial charge in [0.2, 0.25) is 5.75 Å². The number of phenols is 1. The van der Waals surface area contributed by atoms with E-state index in [4.69, 9.17) is 9.84 Å². The summed E-state index contributed by atoms with van der Waals surface area (Å²) in [6.07, 6.45) is 0. The molecule has 0 aromatic heterocycles. The number of rotatable bonds is 4. The molecule has 1 fully saturated rings. The number of thioether (sulfide) groups is 1. The Hall–Kier alpha value is -2.00. The predicted molar refractivity (Wildman–Crippen MR) is 71.1 cm³/mol. The van der Waals surface area contributed by atoms with E-state index in [0.717, 1.165) is 0 Å². The van der Waals surface area contributed by atoms with Crippen molar-refractivity contribution in [1.29, 1.82) is 0 Å². The summed E-state index contributed by atoms with van der Waals surface area (Å²) in [5, 5.41) is 31.9. The fourth-order valence-electron chi connectivity index (χ4n) is 1.87. The minimum Gasteiger partial charge on any atom is -0.500 e. The third-order valence-electron chi connectivity index (χ3n) is 2.88. The number of methoxy groups -OCH3 is 1. The average Bonchev–Trinajstić information content (AvgIpc) is 2.88. The molecule has 0 spiro atoms. The van der Waals surface area contributed by atoms with Gasteiger partial charge >= 0.3 is 11.7 Å². The van der Waals surface area contributed by atoms with E-state index in [2.05, 4.69) is 5.32 Å². The molecule has 1 aliphatic rings. The molecule has 2 atom stereocenters. The number of aliphatic carboxylic acids is 1. The number of hydrogen-bond acceptors (Lipinski definition) is 7. The van der Waals surface area contributed by atoms with Crippen LogP contribution in [0.5, 0.6) is 11.5 Å². The summed E-state index contributed by atoms with van der Waals surface area (Å²) >= 11 is 1.33. The van der Waals surface area contributed by atoms with E-state index in [1.54, 1.807) is 0 Å². The van der Waals surface area contributed by atoms with Gasteiger partial charge < -0.3 is 14.9 Å². The van der Waals surface area contributed by atoms with Crippen molar-refractivity contribution >= 4 is 23.4 Å². The summed E-state index contributed by atoms with van der Waals surface area (Å²) in [4.78, 5) is 21.1. The molecule has 1 heterocycles. The van der Waals surface area contributed by atoms with E-state index in [9.17, 15) is 20.0 Å². The van der Waals surface area contributed by atoms with Crippen molar-refractivity contribution in [1.82, 2.24) is 5.32 Å². The highest BCUT2D eigenvalue weighted by Crippen LogP contribution is 2.42. The first-order valence-corrected chi connectivity index (χ1v) is 6.64. The highest BCUT2D eigenvalue weighted by atomic mass is 32.2. The zero-order valence-corrected chi connectivity index (χ0v) is 11.2. The first kappa shape index (κ1) is 14.4. The van der Waals surface area contributed by atoms with Crippen LogP contribution in [0.3, 0.4) is 0 Å². The van der Waals surface area contributed by atoms with Gasteiger partial charge in [0, 0.05) is 11.8 Å². The van der Waals surface area contributed by atoms with Gasteiger partial charge in [-0.2, -0.15) is 0 Å². The largest absolute Gasteiger partial charge is 0.500 e. The molecular weight excluding hydrogens is 288 g/mol. The third kappa shape index (κ3) is 2.63. The molecule has 3 N–H and O–H groups in total. The Kier molecular flexibility index (Phi) is 4.00. The van der Waals surface area contributed by atoms with Crippen LogP contribution in [0, 0.1) is 10.1 Å². The number of phenolic OH excluding ortho intramolecular Hbond substituents is 1. The number of benzene rings is 1. The average molecular weight is 300 g/mol. The zero-order chi connectivity index (χ0) is 14.9. The summed E-state index contributed by atoms with van der Waals surface area (Å²) < 4.78 is 4.90. The smallest absolute Gasteiger partial charge is 0.321 e. The van der Waals surface area contributed by atoms with E-state index >= 15 is 0 Å². The van der Waals surface area contributed by atoms with Crippen molar-refractivity contribution in [3.05, 3.63) is 27.8 Å². The second kappa shape index (κ2) is 5.55. The Labute approximate surface area is 117 Å². The van der Waals surface area contributed by atoms with E-state index < -0.39 is 33.7 Å². The molecule has 0 amide bonds. The molecule has 1 aliphatic heterocycles. The van der Waals surface area contributed by atoms with Crippen LogP contribution < -0.4 is 10.1 Å². The van der Waals surface area contributed by atoms with Crippen LogP contribution in [0.1, 0.15) is 10.9 Å². The maximum Gasteiger partial charge on any atom is 0.321 e. The summed E-state index contributed by atoms with van der Waals surface area (Å²) in [6, 6.07) is 1.97. The Morgan fingerprint density at radius 3 is 2.80 bits per heavy atom. The number of nitro groups is 1. The van der Waals surface area contributed by atoms with Crippen molar-refractivity contribution in [2.24, 2.45) is 0 Å². The van der Waals surface area contributed by atoms with Gasteiger partial charge in [0.15, 0.2) is 5.75 Å². The van der Waals surface area contributed by atoms with Crippen molar-refractivity contribution < 1.29 is 24.7 Å². The van der Waals surface area contributed by atoms with Gasteiger partial charge in [-0.15, -0.1) is 11.8 Å². The van der Waals surface area contributed by atoms with Crippen molar-refractivity contribution in [2.75, 3.05) is 12.9 Å². The molecule has 1 saturated heterocycles. The molecule has 0 unspecified atom stereocenters. The predicted octanol–water partition coefficient (Wildman–Crippen LogP) is 1.10. The van der Waals surface area contributed by atoms with Crippen LogP contribution in [0.4, 0.5) is 5.69 Å². The van der Waals surface area contributed by atoms with Gasteiger partial charge in [-0.3, -0.25) is 20.2 Å². The van der Waals surface area contributed by atoms with Gasteiger partial charge in [0.1, 0.15) is 6.04 Å². The number of nitrogens with one attached hydrogen (secondary N) is 1. The second-order valence-electron chi connectivity index (χ2n) is 4.12. The molecule has 1 aromatic rings. The van der Waals surface area contributed by atoms with Crippen LogP contribution in [-0.2, 0) is 4.79 Å². The van der Waals surface area contributed by atoms with Crippen molar-refractivity contribution in [3.63, 3.8) is 0 Å². The molecule has 0 saturated carbocycles. The molecule has 20 heavy (non-hydrogen) atoms. The maximum absolute atomic E-state index is 10.9. The summed E-state index contributed by atoms with van der Waals surface area (Å²) in [5.74, 6) is -1.17. The number of ether oxygens (including phenoxy) is 1. The van der Waals surface area contributed by atoms with E-state index in [-0.39, 0.29) is 5.75 Å². The lowest BCUT2D eigenvalue weighted by molar-refractivity contribution is -0.386. The first-order valence-electron chi connectivity index (χ1n) is 5.59. The highest BCUT2D eigenvalue weighted by molar-refractivity contribution is 7.99. The molecule has 9 heteroatoms.